The van der Waals surface area contributed by atoms with E-state index in [0.29, 0.717) is 17.8 Å². The zero-order chi connectivity index (χ0) is 27.2. The fourth-order valence-corrected chi connectivity index (χ4v) is 10.7. The van der Waals surface area contributed by atoms with E-state index in [1.807, 2.05) is 0 Å². The quantitative estimate of drug-likeness (QED) is 0.468. The number of hydrogen-bond acceptors (Lipinski definition) is 4. The molecule has 7 heteroatoms. The average molecular weight is 530 g/mol. The molecule has 214 valence electrons. The Kier molecular flexibility index (Phi) is 6.91. The SMILES string of the molecule is CC1CC(CN(C)CC(F)(F)F)OC2C1CCCC13CC14CCC(O)C(C)(C)C4CCC3C(C)(C)C2O. The molecule has 0 aromatic carbocycles. The molecule has 0 radical (unpaired) electrons. The highest BCUT2D eigenvalue weighted by Gasteiger charge is 2.78. The Labute approximate surface area is 221 Å². The fourth-order valence-electron chi connectivity index (χ4n) is 10.7. The number of halogens is 3. The van der Waals surface area contributed by atoms with Crippen LogP contribution in [0.3, 0.4) is 0 Å². The topological polar surface area (TPSA) is 52.9 Å². The van der Waals surface area contributed by atoms with Gasteiger partial charge in [0.25, 0.3) is 0 Å². The van der Waals surface area contributed by atoms with E-state index in [-0.39, 0.29) is 52.4 Å². The summed E-state index contributed by atoms with van der Waals surface area (Å²) in [6.07, 6.45) is 3.65. The van der Waals surface area contributed by atoms with Crippen molar-refractivity contribution in [3.05, 3.63) is 0 Å². The van der Waals surface area contributed by atoms with Gasteiger partial charge in [-0.25, -0.2) is 0 Å². The van der Waals surface area contributed by atoms with Gasteiger partial charge in [0.05, 0.1) is 31.0 Å². The fraction of sp³-hybridized carbons (Fsp3) is 1.00. The van der Waals surface area contributed by atoms with Crippen molar-refractivity contribution >= 4 is 0 Å². The first kappa shape index (κ1) is 28.2. The predicted octanol–water partition coefficient (Wildman–Crippen LogP) is 6.04. The molecule has 4 nitrogen and oxygen atoms in total. The first-order chi connectivity index (χ1) is 17.0. The number of ether oxygens (including phenoxy) is 1. The second kappa shape index (κ2) is 9.07. The van der Waals surface area contributed by atoms with Gasteiger partial charge in [-0.3, -0.25) is 4.90 Å². The van der Waals surface area contributed by atoms with Crippen LogP contribution in [0.15, 0.2) is 0 Å². The van der Waals surface area contributed by atoms with Crippen LogP contribution in [0.1, 0.15) is 92.4 Å². The van der Waals surface area contributed by atoms with Gasteiger partial charge in [-0.2, -0.15) is 13.2 Å². The number of fused-ring (bicyclic) bond motifs is 1. The molecule has 5 rings (SSSR count). The zero-order valence-electron chi connectivity index (χ0n) is 23.8. The molecular formula is C30H50F3NO3. The third-order valence-electron chi connectivity index (χ3n) is 12.4. The second-order valence-corrected chi connectivity index (χ2v) is 15.1. The van der Waals surface area contributed by atoms with Crippen LogP contribution in [-0.2, 0) is 4.74 Å². The van der Waals surface area contributed by atoms with E-state index in [4.69, 9.17) is 4.74 Å². The summed E-state index contributed by atoms with van der Waals surface area (Å²) in [6, 6.07) is 0. The van der Waals surface area contributed by atoms with Crippen molar-refractivity contribution in [3.8, 4) is 0 Å². The molecule has 2 N–H and O–H groups in total. The largest absolute Gasteiger partial charge is 0.401 e. The van der Waals surface area contributed by atoms with Crippen molar-refractivity contribution in [2.45, 2.75) is 123 Å². The standard InChI is InChI=1S/C30H50F3NO3/c1-18-14-19(15-34(6)17-30(31,32)33)37-24-20(18)8-7-12-28-16-29(28)13-11-23(35)26(2,3)21(29)9-10-22(28)27(4,5)25(24)36/h18-25,35-36H,7-17H2,1-6H3. The third kappa shape index (κ3) is 4.41. The molecule has 4 saturated carbocycles. The molecule has 5 fully saturated rings. The van der Waals surface area contributed by atoms with Crippen LogP contribution in [0.2, 0.25) is 0 Å². The minimum absolute atomic E-state index is 0.0742. The van der Waals surface area contributed by atoms with Crippen molar-refractivity contribution in [2.24, 2.45) is 45.3 Å². The maximum absolute atomic E-state index is 13.0. The molecule has 10 unspecified atom stereocenters. The first-order valence-electron chi connectivity index (χ1n) is 14.8. The Morgan fingerprint density at radius 1 is 0.919 bits per heavy atom. The molecule has 4 aliphatic carbocycles. The van der Waals surface area contributed by atoms with Crippen molar-refractivity contribution in [1.82, 2.24) is 4.90 Å². The molecule has 1 aliphatic heterocycles. The lowest BCUT2D eigenvalue weighted by molar-refractivity contribution is -0.200. The Morgan fingerprint density at radius 2 is 1.54 bits per heavy atom. The van der Waals surface area contributed by atoms with Crippen molar-refractivity contribution < 1.29 is 28.1 Å². The van der Waals surface area contributed by atoms with Crippen LogP contribution in [0, 0.1) is 45.3 Å². The van der Waals surface area contributed by atoms with Gasteiger partial charge in [0, 0.05) is 6.54 Å². The van der Waals surface area contributed by atoms with Crippen molar-refractivity contribution in [3.63, 3.8) is 0 Å². The summed E-state index contributed by atoms with van der Waals surface area (Å²) in [7, 11) is 1.51. The lowest BCUT2D eigenvalue weighted by Gasteiger charge is -2.57. The highest BCUT2D eigenvalue weighted by Crippen LogP contribution is 2.85. The van der Waals surface area contributed by atoms with Gasteiger partial charge in [-0.05, 0) is 104 Å². The zero-order valence-corrected chi connectivity index (χ0v) is 23.8. The van der Waals surface area contributed by atoms with Crippen molar-refractivity contribution in [2.75, 3.05) is 20.1 Å². The third-order valence-corrected chi connectivity index (χ3v) is 12.4. The Bertz CT molecular complexity index is 861. The number of aliphatic hydroxyl groups excluding tert-OH is 2. The molecular weight excluding hydrogens is 479 g/mol. The number of hydrogen-bond donors (Lipinski definition) is 2. The molecule has 10 atom stereocenters. The minimum atomic E-state index is -4.23. The van der Waals surface area contributed by atoms with E-state index in [9.17, 15) is 23.4 Å². The summed E-state index contributed by atoms with van der Waals surface area (Å²) in [5, 5.41) is 23.0. The minimum Gasteiger partial charge on any atom is -0.393 e. The van der Waals surface area contributed by atoms with E-state index in [1.165, 1.54) is 24.8 Å². The van der Waals surface area contributed by atoms with E-state index in [0.717, 1.165) is 44.9 Å². The summed E-state index contributed by atoms with van der Waals surface area (Å²) in [6.45, 7) is 10.5. The Morgan fingerprint density at radius 3 is 2.19 bits per heavy atom. The number of rotatable bonds is 3. The Balaban J connectivity index is 1.40. The van der Waals surface area contributed by atoms with Gasteiger partial charge in [-0.15, -0.1) is 0 Å². The van der Waals surface area contributed by atoms with E-state index in [1.54, 1.807) is 0 Å². The van der Waals surface area contributed by atoms with Gasteiger partial charge < -0.3 is 14.9 Å². The van der Waals surface area contributed by atoms with Gasteiger partial charge in [0.1, 0.15) is 0 Å². The van der Waals surface area contributed by atoms with Gasteiger partial charge in [0.2, 0.25) is 0 Å². The molecule has 0 aromatic rings. The van der Waals surface area contributed by atoms with Crippen molar-refractivity contribution in [1.29, 1.82) is 0 Å². The van der Waals surface area contributed by atoms with Gasteiger partial charge in [-0.1, -0.05) is 41.0 Å². The highest BCUT2D eigenvalue weighted by atomic mass is 19.4. The number of alkyl halides is 3. The van der Waals surface area contributed by atoms with Crippen LogP contribution < -0.4 is 0 Å². The average Bonchev–Trinajstić information content (AvgIpc) is 3.43. The van der Waals surface area contributed by atoms with Gasteiger partial charge in [0.15, 0.2) is 0 Å². The lowest BCUT2D eigenvalue weighted by atomic mass is 9.48. The summed E-state index contributed by atoms with van der Waals surface area (Å²) >= 11 is 0. The Hall–Kier alpha value is -0.370. The van der Waals surface area contributed by atoms with Crippen LogP contribution in [0.25, 0.3) is 0 Å². The van der Waals surface area contributed by atoms with Gasteiger partial charge >= 0.3 is 6.18 Å². The van der Waals surface area contributed by atoms with E-state index < -0.39 is 18.8 Å². The van der Waals surface area contributed by atoms with E-state index >= 15 is 0 Å². The molecule has 1 heterocycles. The summed E-state index contributed by atoms with van der Waals surface area (Å²) in [5.41, 5.74) is 0.0813. The molecule has 5 aliphatic rings. The first-order valence-corrected chi connectivity index (χ1v) is 14.8. The normalized spacial score (nSPS) is 49.0. The monoisotopic (exact) mass is 529 g/mol. The molecule has 0 bridgehead atoms. The second-order valence-electron chi connectivity index (χ2n) is 15.1. The van der Waals surface area contributed by atoms with Crippen LogP contribution in [0.4, 0.5) is 13.2 Å². The summed E-state index contributed by atoms with van der Waals surface area (Å²) in [5.74, 6) is 1.45. The summed E-state index contributed by atoms with van der Waals surface area (Å²) < 4.78 is 45.5. The maximum atomic E-state index is 13.0. The summed E-state index contributed by atoms with van der Waals surface area (Å²) in [4.78, 5) is 1.31. The van der Waals surface area contributed by atoms with E-state index in [2.05, 4.69) is 34.6 Å². The lowest BCUT2D eigenvalue weighted by Crippen LogP contribution is -2.57. The predicted molar refractivity (Wildman–Crippen MR) is 138 cm³/mol. The van der Waals surface area contributed by atoms with Crippen LogP contribution >= 0.6 is 0 Å². The number of aliphatic hydroxyl groups is 2. The molecule has 37 heavy (non-hydrogen) atoms. The van der Waals surface area contributed by atoms with Crippen LogP contribution in [-0.4, -0.2) is 65.8 Å². The highest BCUT2D eigenvalue weighted by molar-refractivity contribution is 5.27. The maximum Gasteiger partial charge on any atom is 0.401 e. The smallest absolute Gasteiger partial charge is 0.393 e. The number of likely N-dealkylation sites (N-methyl/N-ethyl adjacent to an activating group) is 1. The number of nitrogens with zero attached hydrogens (tertiary/aromatic N) is 1. The molecule has 0 amide bonds. The molecule has 0 aromatic heterocycles. The molecule has 1 saturated heterocycles. The molecule has 2 spiro atoms. The van der Waals surface area contributed by atoms with Crippen LogP contribution in [0.5, 0.6) is 0 Å².